The van der Waals surface area contributed by atoms with Crippen molar-refractivity contribution in [3.8, 4) is 11.5 Å². The Balaban J connectivity index is 1.31. The van der Waals surface area contributed by atoms with Crippen molar-refractivity contribution in [3.05, 3.63) is 52.5 Å². The van der Waals surface area contributed by atoms with Gasteiger partial charge in [-0.25, -0.2) is 0 Å². The number of anilines is 1. The molecule has 0 radical (unpaired) electrons. The normalized spacial score (nSPS) is 17.2. The number of aryl methyl sites for hydroxylation is 1. The summed E-state index contributed by atoms with van der Waals surface area (Å²) in [5.74, 6) is 1.08. The molecule has 2 aromatic carbocycles. The molecule has 2 aromatic rings. The largest absolute Gasteiger partial charge is 0.492 e. The molecule has 1 fully saturated rings. The lowest BCUT2D eigenvalue weighted by Crippen LogP contribution is -2.47. The molecule has 32 heavy (non-hydrogen) atoms. The van der Waals surface area contributed by atoms with Gasteiger partial charge in [0.1, 0.15) is 18.1 Å². The third kappa shape index (κ3) is 4.62. The van der Waals surface area contributed by atoms with E-state index in [0.29, 0.717) is 29.5 Å². The van der Waals surface area contributed by atoms with Crippen LogP contribution in [0.5, 0.6) is 11.5 Å². The standard InChI is InChI=1S/C25H29ClN2O4/c1-3-4-23(29)32-22-16-19(7-5-17(22)2)31-14-13-28-11-9-25(10-12-28)20-15-18(26)6-8-21(20)27-24(25)30/h5-8,15-16H,3-4,9-14H2,1-2H3,(H,27,30). The monoisotopic (exact) mass is 456 g/mol. The summed E-state index contributed by atoms with van der Waals surface area (Å²) in [7, 11) is 0. The number of nitrogens with zero attached hydrogens (tertiary/aromatic N) is 1. The van der Waals surface area contributed by atoms with Gasteiger partial charge in [0.15, 0.2) is 0 Å². The van der Waals surface area contributed by atoms with Gasteiger partial charge in [-0.15, -0.1) is 0 Å². The fraction of sp³-hybridized carbons (Fsp3) is 0.440. The van der Waals surface area contributed by atoms with Gasteiger partial charge >= 0.3 is 5.97 Å². The van der Waals surface area contributed by atoms with E-state index in [1.54, 1.807) is 6.07 Å². The van der Waals surface area contributed by atoms with Crippen LogP contribution >= 0.6 is 11.6 Å². The van der Waals surface area contributed by atoms with Gasteiger partial charge < -0.3 is 14.8 Å². The number of fused-ring (bicyclic) bond motifs is 2. The van der Waals surface area contributed by atoms with Gasteiger partial charge in [0, 0.05) is 29.7 Å². The third-order valence-corrected chi connectivity index (χ3v) is 6.64. The molecule has 7 heteroatoms. The molecular formula is C25H29ClN2O4. The molecule has 1 spiro atoms. The van der Waals surface area contributed by atoms with E-state index in [1.165, 1.54) is 0 Å². The number of ether oxygens (including phenoxy) is 2. The molecule has 4 rings (SSSR count). The van der Waals surface area contributed by atoms with Gasteiger partial charge in [0.2, 0.25) is 5.91 Å². The number of benzene rings is 2. The number of nitrogens with one attached hydrogen (secondary N) is 1. The second-order valence-electron chi connectivity index (χ2n) is 8.57. The molecule has 1 N–H and O–H groups in total. The highest BCUT2D eigenvalue weighted by Gasteiger charge is 2.48. The van der Waals surface area contributed by atoms with Gasteiger partial charge in [-0.1, -0.05) is 24.6 Å². The van der Waals surface area contributed by atoms with E-state index in [-0.39, 0.29) is 11.9 Å². The lowest BCUT2D eigenvalue weighted by molar-refractivity contribution is -0.134. The first-order valence-corrected chi connectivity index (χ1v) is 11.6. The Morgan fingerprint density at radius 1 is 1.19 bits per heavy atom. The molecule has 0 unspecified atom stereocenters. The molecule has 0 saturated carbocycles. The second kappa shape index (κ2) is 9.51. The zero-order valence-corrected chi connectivity index (χ0v) is 19.3. The molecule has 2 aliphatic heterocycles. The minimum Gasteiger partial charge on any atom is -0.492 e. The summed E-state index contributed by atoms with van der Waals surface area (Å²) in [4.78, 5) is 26.9. The maximum atomic E-state index is 12.8. The summed E-state index contributed by atoms with van der Waals surface area (Å²) in [6.45, 7) is 6.77. The van der Waals surface area contributed by atoms with Crippen LogP contribution in [0.3, 0.4) is 0 Å². The van der Waals surface area contributed by atoms with E-state index in [4.69, 9.17) is 21.1 Å². The van der Waals surface area contributed by atoms with Crippen molar-refractivity contribution < 1.29 is 19.1 Å². The van der Waals surface area contributed by atoms with Crippen molar-refractivity contribution in [1.29, 1.82) is 0 Å². The predicted octanol–water partition coefficient (Wildman–Crippen LogP) is 4.72. The number of esters is 1. The van der Waals surface area contributed by atoms with E-state index in [0.717, 1.165) is 55.7 Å². The smallest absolute Gasteiger partial charge is 0.311 e. The molecule has 0 aliphatic carbocycles. The molecule has 1 amide bonds. The SMILES string of the molecule is CCCC(=O)Oc1cc(OCCN2CCC3(CC2)C(=O)Nc2ccc(Cl)cc23)ccc1C. The molecule has 2 heterocycles. The van der Waals surface area contributed by atoms with Gasteiger partial charge in [0.05, 0.1) is 5.41 Å². The average Bonchev–Trinajstić information content (AvgIpc) is 3.03. The molecule has 0 aromatic heterocycles. The summed E-state index contributed by atoms with van der Waals surface area (Å²) >= 11 is 6.20. The van der Waals surface area contributed by atoms with Gasteiger partial charge in [-0.2, -0.15) is 0 Å². The lowest BCUT2D eigenvalue weighted by atomic mass is 9.73. The van der Waals surface area contributed by atoms with E-state index < -0.39 is 5.41 Å². The highest BCUT2D eigenvalue weighted by atomic mass is 35.5. The van der Waals surface area contributed by atoms with E-state index in [9.17, 15) is 9.59 Å². The molecular weight excluding hydrogens is 428 g/mol. The van der Waals surface area contributed by atoms with Gasteiger partial charge in [0.25, 0.3) is 0 Å². The number of hydrogen-bond acceptors (Lipinski definition) is 5. The summed E-state index contributed by atoms with van der Waals surface area (Å²) in [6, 6.07) is 11.2. The third-order valence-electron chi connectivity index (χ3n) is 6.40. The lowest BCUT2D eigenvalue weighted by Gasteiger charge is -2.38. The quantitative estimate of drug-likeness (QED) is 0.482. The van der Waals surface area contributed by atoms with Crippen LogP contribution < -0.4 is 14.8 Å². The molecule has 6 nitrogen and oxygen atoms in total. The topological polar surface area (TPSA) is 67.9 Å². The average molecular weight is 457 g/mol. The Morgan fingerprint density at radius 2 is 1.97 bits per heavy atom. The first kappa shape index (κ1) is 22.6. The number of hydrogen-bond donors (Lipinski definition) is 1. The Morgan fingerprint density at radius 3 is 2.72 bits per heavy atom. The maximum Gasteiger partial charge on any atom is 0.311 e. The maximum absolute atomic E-state index is 12.8. The zero-order valence-electron chi connectivity index (χ0n) is 18.6. The van der Waals surface area contributed by atoms with E-state index >= 15 is 0 Å². The van der Waals surface area contributed by atoms with Crippen molar-refractivity contribution in [2.75, 3.05) is 31.6 Å². The molecule has 1 saturated heterocycles. The van der Waals surface area contributed by atoms with E-state index in [2.05, 4.69) is 10.2 Å². The van der Waals surface area contributed by atoms with Crippen molar-refractivity contribution >= 4 is 29.2 Å². The number of rotatable bonds is 7. The van der Waals surface area contributed by atoms with Crippen molar-refractivity contribution in [3.63, 3.8) is 0 Å². The van der Waals surface area contributed by atoms with Crippen molar-refractivity contribution in [2.45, 2.75) is 44.9 Å². The minimum atomic E-state index is -0.480. The Labute approximate surface area is 193 Å². The number of likely N-dealkylation sites (tertiary alicyclic amines) is 1. The zero-order chi connectivity index (χ0) is 22.7. The van der Waals surface area contributed by atoms with Crippen LogP contribution in [0.2, 0.25) is 5.02 Å². The molecule has 0 atom stereocenters. The van der Waals surface area contributed by atoms with Crippen LogP contribution in [0.1, 0.15) is 43.7 Å². The number of amides is 1. The Hall–Kier alpha value is -2.57. The first-order chi connectivity index (χ1) is 15.4. The molecule has 170 valence electrons. The van der Waals surface area contributed by atoms with Crippen molar-refractivity contribution in [2.24, 2.45) is 0 Å². The number of halogens is 1. The summed E-state index contributed by atoms with van der Waals surface area (Å²) < 4.78 is 11.4. The van der Waals surface area contributed by atoms with Gasteiger partial charge in [-0.3, -0.25) is 14.5 Å². The van der Waals surface area contributed by atoms with Crippen LogP contribution in [0, 0.1) is 6.92 Å². The summed E-state index contributed by atoms with van der Waals surface area (Å²) in [6.07, 6.45) is 2.67. The first-order valence-electron chi connectivity index (χ1n) is 11.2. The van der Waals surface area contributed by atoms with Crippen LogP contribution in [0.25, 0.3) is 0 Å². The highest BCUT2D eigenvalue weighted by Crippen LogP contribution is 2.45. The molecule has 0 bridgehead atoms. The molecule has 2 aliphatic rings. The number of carbonyl (C=O) groups excluding carboxylic acids is 2. The van der Waals surface area contributed by atoms with Crippen LogP contribution in [0.4, 0.5) is 5.69 Å². The minimum absolute atomic E-state index is 0.0791. The summed E-state index contributed by atoms with van der Waals surface area (Å²) in [5.41, 5.74) is 2.33. The summed E-state index contributed by atoms with van der Waals surface area (Å²) in [5, 5.41) is 3.68. The predicted molar refractivity (Wildman–Crippen MR) is 125 cm³/mol. The van der Waals surface area contributed by atoms with Crippen LogP contribution in [-0.2, 0) is 15.0 Å². The Kier molecular flexibility index (Phi) is 6.72. The van der Waals surface area contributed by atoms with Crippen LogP contribution in [0.15, 0.2) is 36.4 Å². The fourth-order valence-corrected chi connectivity index (χ4v) is 4.66. The van der Waals surface area contributed by atoms with E-state index in [1.807, 2.05) is 44.2 Å². The highest BCUT2D eigenvalue weighted by molar-refractivity contribution is 6.31. The number of piperidine rings is 1. The van der Waals surface area contributed by atoms with Crippen molar-refractivity contribution in [1.82, 2.24) is 4.90 Å². The number of carbonyl (C=O) groups is 2. The fourth-order valence-electron chi connectivity index (χ4n) is 4.49. The van der Waals surface area contributed by atoms with Gasteiger partial charge in [-0.05, 0) is 74.7 Å². The Bertz CT molecular complexity index is 1010. The van der Waals surface area contributed by atoms with Crippen LogP contribution in [-0.4, -0.2) is 43.0 Å². The second-order valence-corrected chi connectivity index (χ2v) is 9.00.